The van der Waals surface area contributed by atoms with Crippen molar-refractivity contribution in [2.24, 2.45) is 0 Å². The van der Waals surface area contributed by atoms with Crippen molar-refractivity contribution < 1.29 is 5.11 Å². The first-order valence-electron chi connectivity index (χ1n) is 4.72. The SMILES string of the molecule is C[Si]1(C)C2=CCC1=C2CCCO. The van der Waals surface area contributed by atoms with E-state index in [1.54, 1.807) is 16.0 Å². The molecule has 0 aromatic carbocycles. The van der Waals surface area contributed by atoms with Crippen molar-refractivity contribution in [3.8, 4) is 0 Å². The van der Waals surface area contributed by atoms with Crippen LogP contribution >= 0.6 is 0 Å². The van der Waals surface area contributed by atoms with Crippen LogP contribution in [0.4, 0.5) is 0 Å². The number of fused-ring (bicyclic) bond motifs is 1. The molecule has 0 atom stereocenters. The first kappa shape index (κ1) is 8.26. The summed E-state index contributed by atoms with van der Waals surface area (Å²) in [5, 5.41) is 12.2. The molecular formula is C10H16OSi. The molecule has 2 heterocycles. The van der Waals surface area contributed by atoms with E-state index in [-0.39, 0.29) is 0 Å². The minimum atomic E-state index is -1.00. The summed E-state index contributed by atoms with van der Waals surface area (Å²) in [6, 6.07) is 0. The minimum Gasteiger partial charge on any atom is -0.396 e. The van der Waals surface area contributed by atoms with Crippen molar-refractivity contribution >= 4 is 8.07 Å². The Bertz CT molecular complexity index is 274. The van der Waals surface area contributed by atoms with Crippen LogP contribution in [0.5, 0.6) is 0 Å². The smallest absolute Gasteiger partial charge is 0.108 e. The molecule has 0 saturated heterocycles. The Morgan fingerprint density at radius 2 is 2.25 bits per heavy atom. The molecule has 0 unspecified atom stereocenters. The van der Waals surface area contributed by atoms with Gasteiger partial charge in [-0.25, -0.2) is 0 Å². The third-order valence-corrected chi connectivity index (χ3v) is 7.08. The second kappa shape index (κ2) is 2.57. The number of aliphatic hydroxyl groups excluding tert-OH is 1. The van der Waals surface area contributed by atoms with Crippen molar-refractivity contribution in [3.63, 3.8) is 0 Å². The Morgan fingerprint density at radius 1 is 1.50 bits per heavy atom. The Hall–Kier alpha value is -0.343. The molecule has 0 aromatic rings. The van der Waals surface area contributed by atoms with Crippen LogP contribution in [0.1, 0.15) is 19.3 Å². The third-order valence-electron chi connectivity index (χ3n) is 3.21. The van der Waals surface area contributed by atoms with Gasteiger partial charge in [0.2, 0.25) is 0 Å². The van der Waals surface area contributed by atoms with E-state index in [2.05, 4.69) is 19.2 Å². The van der Waals surface area contributed by atoms with Gasteiger partial charge >= 0.3 is 0 Å². The molecule has 0 amide bonds. The number of hydrogen-bond donors (Lipinski definition) is 1. The standard InChI is InChI=1S/C10H16OSi/c1-12(2)9-5-6-10(12)8(9)4-3-7-11/h5,11H,3-4,6-7H2,1-2H3. The molecule has 0 radical (unpaired) electrons. The molecule has 1 aliphatic carbocycles. The van der Waals surface area contributed by atoms with E-state index < -0.39 is 8.07 Å². The highest BCUT2D eigenvalue weighted by Gasteiger charge is 2.46. The predicted molar refractivity (Wildman–Crippen MR) is 53.5 cm³/mol. The first-order chi connectivity index (χ1) is 5.68. The zero-order valence-corrected chi connectivity index (χ0v) is 8.85. The van der Waals surface area contributed by atoms with Gasteiger partial charge in [0.1, 0.15) is 8.07 Å². The van der Waals surface area contributed by atoms with Crippen LogP contribution in [0.3, 0.4) is 0 Å². The zero-order valence-electron chi connectivity index (χ0n) is 7.85. The molecule has 0 saturated carbocycles. The maximum Gasteiger partial charge on any atom is 0.108 e. The Morgan fingerprint density at radius 3 is 2.67 bits per heavy atom. The van der Waals surface area contributed by atoms with E-state index in [9.17, 15) is 0 Å². The summed E-state index contributed by atoms with van der Waals surface area (Å²) >= 11 is 0. The molecule has 3 aliphatic rings. The van der Waals surface area contributed by atoms with Crippen LogP contribution < -0.4 is 0 Å². The van der Waals surface area contributed by atoms with Gasteiger partial charge in [0.25, 0.3) is 0 Å². The first-order valence-corrected chi connectivity index (χ1v) is 7.72. The monoisotopic (exact) mass is 180 g/mol. The third kappa shape index (κ3) is 0.881. The molecule has 1 N–H and O–H groups in total. The lowest BCUT2D eigenvalue weighted by Crippen LogP contribution is -2.39. The average Bonchev–Trinajstić information content (AvgIpc) is 2.56. The van der Waals surface area contributed by atoms with Crippen molar-refractivity contribution in [1.29, 1.82) is 0 Å². The fraction of sp³-hybridized carbons (Fsp3) is 0.600. The fourth-order valence-corrected chi connectivity index (χ4v) is 5.93. The number of aliphatic hydroxyl groups is 1. The summed E-state index contributed by atoms with van der Waals surface area (Å²) in [4.78, 5) is 0. The molecule has 0 spiro atoms. The van der Waals surface area contributed by atoms with Gasteiger partial charge in [0.05, 0.1) is 0 Å². The maximum atomic E-state index is 8.73. The van der Waals surface area contributed by atoms with Crippen LogP contribution in [0.2, 0.25) is 13.1 Å². The van der Waals surface area contributed by atoms with Crippen LogP contribution in [-0.2, 0) is 0 Å². The highest BCUT2D eigenvalue weighted by Crippen LogP contribution is 2.51. The van der Waals surface area contributed by atoms with Crippen molar-refractivity contribution in [2.45, 2.75) is 32.4 Å². The van der Waals surface area contributed by atoms with Crippen LogP contribution in [0, 0.1) is 0 Å². The molecule has 0 fully saturated rings. The Kier molecular flexibility index (Phi) is 1.77. The normalized spacial score (nSPS) is 24.1. The molecule has 1 nitrogen and oxygen atoms in total. The molecule has 3 rings (SSSR count). The van der Waals surface area contributed by atoms with Gasteiger partial charge in [-0.05, 0) is 19.3 Å². The lowest BCUT2D eigenvalue weighted by atomic mass is 10.1. The molecule has 0 aromatic heterocycles. The molecule has 2 heteroatoms. The summed E-state index contributed by atoms with van der Waals surface area (Å²) in [6.45, 7) is 5.21. The minimum absolute atomic E-state index is 0.339. The molecule has 2 aliphatic heterocycles. The molecule has 66 valence electrons. The van der Waals surface area contributed by atoms with E-state index in [1.165, 1.54) is 6.42 Å². The van der Waals surface area contributed by atoms with Crippen LogP contribution in [-0.4, -0.2) is 19.8 Å². The van der Waals surface area contributed by atoms with Gasteiger partial charge in [-0.1, -0.05) is 35.1 Å². The van der Waals surface area contributed by atoms with Gasteiger partial charge in [0, 0.05) is 6.61 Å². The maximum absolute atomic E-state index is 8.73. The van der Waals surface area contributed by atoms with Crippen molar-refractivity contribution in [1.82, 2.24) is 0 Å². The van der Waals surface area contributed by atoms with Gasteiger partial charge in [0.15, 0.2) is 0 Å². The predicted octanol–water partition coefficient (Wildman–Crippen LogP) is 2.19. The highest BCUT2D eigenvalue weighted by atomic mass is 28.3. The van der Waals surface area contributed by atoms with Crippen LogP contribution in [0.15, 0.2) is 22.0 Å². The number of allylic oxidation sites excluding steroid dienone is 4. The number of hydrogen-bond acceptors (Lipinski definition) is 1. The van der Waals surface area contributed by atoms with Crippen molar-refractivity contribution in [2.75, 3.05) is 6.61 Å². The molecule has 12 heavy (non-hydrogen) atoms. The Balaban J connectivity index is 2.12. The summed E-state index contributed by atoms with van der Waals surface area (Å²) in [7, 11) is -1.00. The van der Waals surface area contributed by atoms with Crippen LogP contribution in [0.25, 0.3) is 0 Å². The van der Waals surface area contributed by atoms with E-state index >= 15 is 0 Å². The topological polar surface area (TPSA) is 20.2 Å². The van der Waals surface area contributed by atoms with Gasteiger partial charge in [-0.3, -0.25) is 0 Å². The quantitative estimate of drug-likeness (QED) is 0.660. The summed E-state index contributed by atoms with van der Waals surface area (Å²) in [5.74, 6) is 0. The lowest BCUT2D eigenvalue weighted by molar-refractivity contribution is 0.288. The van der Waals surface area contributed by atoms with E-state index in [0.717, 1.165) is 12.8 Å². The highest BCUT2D eigenvalue weighted by molar-refractivity contribution is 6.96. The average molecular weight is 180 g/mol. The van der Waals surface area contributed by atoms with Gasteiger partial charge < -0.3 is 5.11 Å². The van der Waals surface area contributed by atoms with E-state index in [4.69, 9.17) is 5.11 Å². The Labute approximate surface area is 74.8 Å². The van der Waals surface area contributed by atoms with E-state index in [0.29, 0.717) is 6.61 Å². The fourth-order valence-electron chi connectivity index (χ4n) is 2.52. The summed E-state index contributed by atoms with van der Waals surface area (Å²) in [5.41, 5.74) is 1.61. The van der Waals surface area contributed by atoms with Gasteiger partial charge in [-0.15, -0.1) is 0 Å². The second-order valence-corrected chi connectivity index (χ2v) is 8.62. The molecule has 2 bridgehead atoms. The second-order valence-electron chi connectivity index (χ2n) is 4.23. The van der Waals surface area contributed by atoms with Gasteiger partial charge in [-0.2, -0.15) is 0 Å². The van der Waals surface area contributed by atoms with E-state index in [1.807, 2.05) is 0 Å². The summed E-state index contributed by atoms with van der Waals surface area (Å²) in [6.07, 6.45) is 5.71. The summed E-state index contributed by atoms with van der Waals surface area (Å²) < 4.78 is 0. The lowest BCUT2D eigenvalue weighted by Gasteiger charge is -2.37. The van der Waals surface area contributed by atoms with Crippen molar-refractivity contribution in [3.05, 3.63) is 22.0 Å². The molecular weight excluding hydrogens is 164 g/mol. The number of rotatable bonds is 3. The largest absolute Gasteiger partial charge is 0.396 e. The zero-order chi connectivity index (χ0) is 8.77.